The molecule has 1 fully saturated rings. The Balaban J connectivity index is 1.34. The van der Waals surface area contributed by atoms with E-state index in [4.69, 9.17) is 9.84 Å². The van der Waals surface area contributed by atoms with Crippen LogP contribution in [-0.4, -0.2) is 42.9 Å². The summed E-state index contributed by atoms with van der Waals surface area (Å²) in [5, 5.41) is 18.1. The fourth-order valence-corrected chi connectivity index (χ4v) is 5.65. The Labute approximate surface area is 223 Å². The van der Waals surface area contributed by atoms with E-state index in [0.29, 0.717) is 23.6 Å². The molecule has 5 heterocycles. The topological polar surface area (TPSA) is 82.7 Å². The molecule has 2 aromatic carbocycles. The van der Waals surface area contributed by atoms with Crippen LogP contribution in [0.15, 0.2) is 54.7 Å². The maximum atomic E-state index is 14.6. The van der Waals surface area contributed by atoms with Gasteiger partial charge in [-0.2, -0.15) is 18.9 Å². The van der Waals surface area contributed by atoms with E-state index >= 15 is 0 Å². The minimum atomic E-state index is -0.860. The van der Waals surface area contributed by atoms with E-state index in [1.807, 2.05) is 23.0 Å². The van der Waals surface area contributed by atoms with Crippen molar-refractivity contribution < 1.29 is 13.5 Å². The minimum Gasteiger partial charge on any atom is -0.356 e. The van der Waals surface area contributed by atoms with Gasteiger partial charge in [-0.15, -0.1) is 5.10 Å². The van der Waals surface area contributed by atoms with Crippen molar-refractivity contribution in [2.24, 2.45) is 0 Å². The summed E-state index contributed by atoms with van der Waals surface area (Å²) in [4.78, 5) is 3.36. The number of halogens is 2. The van der Waals surface area contributed by atoms with Gasteiger partial charge in [0.15, 0.2) is 6.23 Å². The Morgan fingerprint density at radius 2 is 1.97 bits per heavy atom. The zero-order valence-corrected chi connectivity index (χ0v) is 21.4. The number of pyridine rings is 1. The van der Waals surface area contributed by atoms with Crippen molar-refractivity contribution in [2.75, 3.05) is 13.2 Å². The predicted octanol–water partition coefficient (Wildman–Crippen LogP) is 5.53. The Morgan fingerprint density at radius 3 is 2.82 bits per heavy atom. The smallest absolute Gasteiger partial charge is 0.223 e. The number of ether oxygens (including phenoxy) is 1. The van der Waals surface area contributed by atoms with E-state index in [1.165, 1.54) is 17.2 Å². The lowest BCUT2D eigenvalue weighted by Gasteiger charge is -2.24. The fourth-order valence-electron chi connectivity index (χ4n) is 5.65. The average molecular weight is 528 g/mol. The molecule has 5 aromatic rings. The average Bonchev–Trinajstić information content (AvgIpc) is 3.59. The molecule has 8 nitrogen and oxygen atoms in total. The molecule has 3 aromatic heterocycles. The second-order valence-corrected chi connectivity index (χ2v) is 10.2. The molecule has 2 atom stereocenters. The first-order valence-corrected chi connectivity index (χ1v) is 13.3. The molecule has 0 saturated carbocycles. The van der Waals surface area contributed by atoms with Crippen LogP contribution in [0.25, 0.3) is 39.1 Å². The van der Waals surface area contributed by atoms with Crippen molar-refractivity contribution in [1.29, 1.82) is 0 Å². The number of nitrogens with zero attached hydrogens (tertiary/aromatic N) is 6. The summed E-state index contributed by atoms with van der Waals surface area (Å²) in [6.07, 6.45) is 5.59. The zero-order chi connectivity index (χ0) is 26.5. The molecule has 0 bridgehead atoms. The first kappa shape index (κ1) is 24.1. The van der Waals surface area contributed by atoms with Crippen LogP contribution in [0, 0.1) is 11.9 Å². The number of aromatic nitrogens is 6. The SMILES string of the molecule is CC1NCCc2ccc(-n3cc(-c4nn(C5CCCCO5)c5ccc(-c6ccc(F)nc6F)cc45)nn3)cc21. The molecule has 2 aliphatic rings. The van der Waals surface area contributed by atoms with Gasteiger partial charge in [0.2, 0.25) is 11.9 Å². The van der Waals surface area contributed by atoms with Crippen LogP contribution in [0.3, 0.4) is 0 Å². The molecule has 10 heteroatoms. The van der Waals surface area contributed by atoms with Crippen molar-refractivity contribution in [1.82, 2.24) is 35.1 Å². The van der Waals surface area contributed by atoms with Crippen molar-refractivity contribution in [3.63, 3.8) is 0 Å². The van der Waals surface area contributed by atoms with E-state index < -0.39 is 11.9 Å². The molecule has 198 valence electrons. The fraction of sp³-hybridized carbons (Fsp3) is 0.310. The Bertz CT molecular complexity index is 1690. The molecule has 0 radical (unpaired) electrons. The zero-order valence-electron chi connectivity index (χ0n) is 21.4. The van der Waals surface area contributed by atoms with Crippen LogP contribution in [0.4, 0.5) is 8.78 Å². The summed E-state index contributed by atoms with van der Waals surface area (Å²) in [7, 11) is 0. The highest BCUT2D eigenvalue weighted by Crippen LogP contribution is 2.35. The lowest BCUT2D eigenvalue weighted by molar-refractivity contribution is -0.0365. The van der Waals surface area contributed by atoms with Crippen LogP contribution in [0.2, 0.25) is 0 Å². The molecule has 39 heavy (non-hydrogen) atoms. The molecule has 2 aliphatic heterocycles. The third-order valence-corrected chi connectivity index (χ3v) is 7.70. The van der Waals surface area contributed by atoms with Gasteiger partial charge in [0, 0.05) is 23.6 Å². The van der Waals surface area contributed by atoms with Gasteiger partial charge >= 0.3 is 0 Å². The summed E-state index contributed by atoms with van der Waals surface area (Å²) in [6, 6.07) is 14.7. The Morgan fingerprint density at radius 1 is 1.05 bits per heavy atom. The van der Waals surface area contributed by atoms with Gasteiger partial charge in [0.1, 0.15) is 11.4 Å². The van der Waals surface area contributed by atoms with Crippen molar-refractivity contribution >= 4 is 10.9 Å². The third-order valence-electron chi connectivity index (χ3n) is 7.70. The first-order chi connectivity index (χ1) is 19.0. The van der Waals surface area contributed by atoms with Crippen LogP contribution < -0.4 is 5.32 Å². The Hall–Kier alpha value is -4.02. The first-order valence-electron chi connectivity index (χ1n) is 13.3. The lowest BCUT2D eigenvalue weighted by atomic mass is 9.95. The van der Waals surface area contributed by atoms with Gasteiger partial charge in [-0.1, -0.05) is 17.3 Å². The van der Waals surface area contributed by atoms with Gasteiger partial charge in [-0.05, 0) is 92.2 Å². The molecule has 2 unspecified atom stereocenters. The van der Waals surface area contributed by atoms with Crippen molar-refractivity contribution in [2.45, 2.75) is 44.9 Å². The summed E-state index contributed by atoms with van der Waals surface area (Å²) < 4.78 is 37.7. The van der Waals surface area contributed by atoms with E-state index in [1.54, 1.807) is 10.7 Å². The molecule has 0 spiro atoms. The molecule has 1 saturated heterocycles. The van der Waals surface area contributed by atoms with Crippen LogP contribution in [0.1, 0.15) is 49.6 Å². The normalized spacial score (nSPS) is 19.4. The molecule has 1 N–H and O–H groups in total. The quantitative estimate of drug-likeness (QED) is 0.310. The molecule has 0 amide bonds. The number of fused-ring (bicyclic) bond motifs is 2. The summed E-state index contributed by atoms with van der Waals surface area (Å²) in [5.41, 5.74) is 6.37. The number of hydrogen-bond donors (Lipinski definition) is 1. The number of nitrogens with one attached hydrogen (secondary N) is 1. The van der Waals surface area contributed by atoms with Crippen LogP contribution in [-0.2, 0) is 11.2 Å². The largest absolute Gasteiger partial charge is 0.356 e. The molecular weight excluding hydrogens is 500 g/mol. The number of benzene rings is 2. The standard InChI is InChI=1S/C29H27F2N7O/c1-17-22-15-20(7-5-18(22)11-12-32-17)37-16-24(34-36-37)28-23-14-19(21-8-10-26(30)33-29(21)31)6-9-25(23)38(35-28)27-4-2-3-13-39-27/h5-10,14-17,27,32H,2-4,11-13H2,1H3. The van der Waals surface area contributed by atoms with E-state index in [0.717, 1.165) is 54.9 Å². The van der Waals surface area contributed by atoms with Gasteiger partial charge in [-0.3, -0.25) is 0 Å². The maximum absolute atomic E-state index is 14.6. The highest BCUT2D eigenvalue weighted by molar-refractivity contribution is 5.95. The summed E-state index contributed by atoms with van der Waals surface area (Å²) in [6.45, 7) is 3.81. The summed E-state index contributed by atoms with van der Waals surface area (Å²) in [5.74, 6) is -1.72. The van der Waals surface area contributed by atoms with Gasteiger partial charge in [-0.25, -0.2) is 9.36 Å². The second-order valence-electron chi connectivity index (χ2n) is 10.2. The van der Waals surface area contributed by atoms with E-state index in [9.17, 15) is 8.78 Å². The number of rotatable bonds is 4. The number of hydrogen-bond acceptors (Lipinski definition) is 6. The summed E-state index contributed by atoms with van der Waals surface area (Å²) >= 11 is 0. The maximum Gasteiger partial charge on any atom is 0.223 e. The Kier molecular flexibility index (Phi) is 5.93. The third kappa shape index (κ3) is 4.29. The highest BCUT2D eigenvalue weighted by Gasteiger charge is 2.24. The van der Waals surface area contributed by atoms with Crippen LogP contribution >= 0.6 is 0 Å². The van der Waals surface area contributed by atoms with Crippen molar-refractivity contribution in [3.8, 4) is 28.2 Å². The molecule has 7 rings (SSSR count). The predicted molar refractivity (Wildman–Crippen MR) is 142 cm³/mol. The monoisotopic (exact) mass is 527 g/mol. The van der Waals surface area contributed by atoms with Gasteiger partial charge < -0.3 is 10.1 Å². The van der Waals surface area contributed by atoms with E-state index in [-0.39, 0.29) is 17.8 Å². The molecule has 0 aliphatic carbocycles. The van der Waals surface area contributed by atoms with Gasteiger partial charge in [0.25, 0.3) is 0 Å². The lowest BCUT2D eigenvalue weighted by Crippen LogP contribution is -2.27. The van der Waals surface area contributed by atoms with Gasteiger partial charge in [0.05, 0.1) is 17.4 Å². The second kappa shape index (κ2) is 9.62. The molecular formula is C29H27F2N7O. The highest BCUT2D eigenvalue weighted by atomic mass is 19.1. The van der Waals surface area contributed by atoms with E-state index in [2.05, 4.69) is 45.7 Å². The van der Waals surface area contributed by atoms with Crippen LogP contribution in [0.5, 0.6) is 0 Å². The minimum absolute atomic E-state index is 0.199. The van der Waals surface area contributed by atoms with Crippen molar-refractivity contribution in [3.05, 3.63) is 77.8 Å².